The third kappa shape index (κ3) is 3.58. The number of sulfonamides is 2. The fourth-order valence-electron chi connectivity index (χ4n) is 3.74. The van der Waals surface area contributed by atoms with Crippen molar-refractivity contribution in [2.45, 2.75) is 32.6 Å². The second-order valence-electron chi connectivity index (χ2n) is 8.00. The second kappa shape index (κ2) is 7.08. The highest BCUT2D eigenvalue weighted by Gasteiger charge is 2.50. The van der Waals surface area contributed by atoms with Crippen molar-refractivity contribution in [3.8, 4) is 0 Å². The number of likely N-dealkylation sites (N-methyl/N-ethyl adjacent to an activating group) is 1. The Morgan fingerprint density at radius 3 is 2.18 bits per heavy atom. The van der Waals surface area contributed by atoms with E-state index in [1.54, 1.807) is 20.8 Å². The highest BCUT2D eigenvalue weighted by molar-refractivity contribution is 7.94. The lowest BCUT2D eigenvalue weighted by atomic mass is 9.95. The molecular formula is C18H27N3O5S2. The van der Waals surface area contributed by atoms with Gasteiger partial charge in [0.25, 0.3) is 0 Å². The summed E-state index contributed by atoms with van der Waals surface area (Å²) in [7, 11) is -7.45. The summed E-state index contributed by atoms with van der Waals surface area (Å²) >= 11 is 0. The first kappa shape index (κ1) is 21.2. The maximum absolute atomic E-state index is 13.0. The van der Waals surface area contributed by atoms with Gasteiger partial charge >= 0.3 is 0 Å². The molecule has 0 bridgehead atoms. The molecule has 0 aliphatic carbocycles. The Morgan fingerprint density at radius 1 is 1.11 bits per heavy atom. The number of aryl methyl sites for hydroxylation is 1. The van der Waals surface area contributed by atoms with Crippen LogP contribution in [0.2, 0.25) is 0 Å². The minimum atomic E-state index is -3.77. The van der Waals surface area contributed by atoms with Crippen molar-refractivity contribution in [2.75, 3.05) is 42.8 Å². The molecule has 1 aromatic carbocycles. The summed E-state index contributed by atoms with van der Waals surface area (Å²) in [6, 6.07) is 4.27. The Morgan fingerprint density at radius 2 is 1.71 bits per heavy atom. The van der Waals surface area contributed by atoms with Crippen LogP contribution < -0.4 is 4.31 Å². The predicted octanol–water partition coefficient (Wildman–Crippen LogP) is 1.02. The molecule has 0 atom stereocenters. The first-order valence-corrected chi connectivity index (χ1v) is 12.4. The summed E-state index contributed by atoms with van der Waals surface area (Å²) in [4.78, 5) is 14.9. The summed E-state index contributed by atoms with van der Waals surface area (Å²) in [6.45, 7) is 9.94. The van der Waals surface area contributed by atoms with Crippen LogP contribution in [0.3, 0.4) is 0 Å². The lowest BCUT2D eigenvalue weighted by molar-refractivity contribution is -0.123. The molecule has 156 valence electrons. The van der Waals surface area contributed by atoms with E-state index in [9.17, 15) is 21.6 Å². The van der Waals surface area contributed by atoms with Crippen LogP contribution in [0.4, 0.5) is 5.69 Å². The van der Waals surface area contributed by atoms with Gasteiger partial charge in [0.2, 0.25) is 26.0 Å². The molecule has 8 nitrogen and oxygen atoms in total. The summed E-state index contributed by atoms with van der Waals surface area (Å²) < 4.78 is 53.3. The van der Waals surface area contributed by atoms with Crippen LogP contribution in [-0.4, -0.2) is 70.4 Å². The Bertz CT molecular complexity index is 994. The largest absolute Gasteiger partial charge is 0.301 e. The number of hydrogen-bond acceptors (Lipinski definition) is 6. The van der Waals surface area contributed by atoms with Crippen molar-refractivity contribution in [1.29, 1.82) is 0 Å². The van der Waals surface area contributed by atoms with Gasteiger partial charge in [0.05, 0.1) is 21.8 Å². The Labute approximate surface area is 167 Å². The molecule has 3 rings (SSSR count). The van der Waals surface area contributed by atoms with E-state index in [0.717, 1.165) is 10.8 Å². The zero-order valence-corrected chi connectivity index (χ0v) is 18.3. The highest BCUT2D eigenvalue weighted by Crippen LogP contribution is 2.37. The molecule has 0 aromatic heterocycles. The number of benzene rings is 1. The average Bonchev–Trinajstić information content (AvgIpc) is 2.77. The fraction of sp³-hybridized carbons (Fsp3) is 0.611. The van der Waals surface area contributed by atoms with Gasteiger partial charge in [-0.15, -0.1) is 0 Å². The number of hydrogen-bond donors (Lipinski definition) is 0. The van der Waals surface area contributed by atoms with Crippen molar-refractivity contribution in [1.82, 2.24) is 9.21 Å². The van der Waals surface area contributed by atoms with E-state index >= 15 is 0 Å². The Hall–Kier alpha value is -1.49. The molecular weight excluding hydrogens is 402 g/mol. The van der Waals surface area contributed by atoms with Gasteiger partial charge in [0, 0.05) is 26.2 Å². The minimum Gasteiger partial charge on any atom is -0.301 e. The molecule has 0 spiro atoms. The molecule has 2 fully saturated rings. The van der Waals surface area contributed by atoms with Crippen molar-refractivity contribution in [3.63, 3.8) is 0 Å². The van der Waals surface area contributed by atoms with E-state index in [1.165, 1.54) is 22.5 Å². The molecule has 2 heterocycles. The van der Waals surface area contributed by atoms with Crippen LogP contribution in [0.25, 0.3) is 0 Å². The first-order valence-electron chi connectivity index (χ1n) is 9.31. The van der Waals surface area contributed by atoms with Crippen molar-refractivity contribution < 1.29 is 21.6 Å². The quantitative estimate of drug-likeness (QED) is 0.709. The fourth-order valence-corrected chi connectivity index (χ4v) is 7.46. The Balaban J connectivity index is 1.92. The van der Waals surface area contributed by atoms with Gasteiger partial charge in [0.1, 0.15) is 0 Å². The first-order chi connectivity index (χ1) is 12.9. The third-order valence-corrected chi connectivity index (χ3v) is 9.45. The van der Waals surface area contributed by atoms with Gasteiger partial charge in [0.15, 0.2) is 0 Å². The van der Waals surface area contributed by atoms with E-state index < -0.39 is 31.4 Å². The molecule has 1 aromatic rings. The lowest BCUT2D eigenvalue weighted by Gasteiger charge is -2.33. The Kier molecular flexibility index (Phi) is 5.37. The number of carbonyl (C=O) groups is 1. The standard InChI is InChI=1S/C18H27N3O5S2/c1-5-19-8-10-20(11-9-19)28(25,26)16-7-6-15(12-14(16)2)21-17(22)18(3,4)13-27(21,23)24/h6-7,12H,5,8-11,13H2,1-4H3. The molecule has 2 aliphatic heterocycles. The average molecular weight is 430 g/mol. The van der Waals surface area contributed by atoms with Crippen LogP contribution in [0.15, 0.2) is 23.1 Å². The normalized spacial score (nSPS) is 23.3. The molecule has 2 aliphatic rings. The molecule has 1 amide bonds. The monoisotopic (exact) mass is 429 g/mol. The van der Waals surface area contributed by atoms with Crippen LogP contribution in [0.1, 0.15) is 26.3 Å². The number of amides is 1. The summed E-state index contributed by atoms with van der Waals surface area (Å²) in [6.07, 6.45) is 0. The lowest BCUT2D eigenvalue weighted by Crippen LogP contribution is -2.48. The van der Waals surface area contributed by atoms with Gasteiger partial charge in [-0.1, -0.05) is 6.92 Å². The van der Waals surface area contributed by atoms with E-state index in [4.69, 9.17) is 0 Å². The van der Waals surface area contributed by atoms with Crippen molar-refractivity contribution in [3.05, 3.63) is 23.8 Å². The number of rotatable bonds is 4. The van der Waals surface area contributed by atoms with Gasteiger partial charge < -0.3 is 4.90 Å². The van der Waals surface area contributed by atoms with E-state index in [0.29, 0.717) is 31.7 Å². The van der Waals surface area contributed by atoms with Crippen molar-refractivity contribution >= 4 is 31.6 Å². The van der Waals surface area contributed by atoms with Crippen LogP contribution >= 0.6 is 0 Å². The molecule has 0 radical (unpaired) electrons. The zero-order chi connectivity index (χ0) is 20.9. The van der Waals surface area contributed by atoms with Crippen LogP contribution in [-0.2, 0) is 24.8 Å². The van der Waals surface area contributed by atoms with Gasteiger partial charge in [-0.05, 0) is 51.1 Å². The molecule has 2 saturated heterocycles. The topological polar surface area (TPSA) is 95.1 Å². The number of anilines is 1. The smallest absolute Gasteiger partial charge is 0.247 e. The number of carbonyl (C=O) groups excluding carboxylic acids is 1. The molecule has 0 saturated carbocycles. The van der Waals surface area contributed by atoms with Crippen molar-refractivity contribution in [2.24, 2.45) is 5.41 Å². The highest BCUT2D eigenvalue weighted by atomic mass is 32.2. The molecule has 0 N–H and O–H groups in total. The second-order valence-corrected chi connectivity index (χ2v) is 11.7. The number of nitrogens with zero attached hydrogens (tertiary/aromatic N) is 3. The summed E-state index contributed by atoms with van der Waals surface area (Å²) in [5.41, 5.74) is -0.401. The summed E-state index contributed by atoms with van der Waals surface area (Å²) in [5, 5.41) is 0. The zero-order valence-electron chi connectivity index (χ0n) is 16.7. The maximum Gasteiger partial charge on any atom is 0.247 e. The molecule has 28 heavy (non-hydrogen) atoms. The van der Waals surface area contributed by atoms with Gasteiger partial charge in [-0.3, -0.25) is 4.79 Å². The third-order valence-electron chi connectivity index (χ3n) is 5.37. The van der Waals surface area contributed by atoms with E-state index in [2.05, 4.69) is 4.90 Å². The van der Waals surface area contributed by atoms with Gasteiger partial charge in [-0.25, -0.2) is 21.1 Å². The predicted molar refractivity (Wildman–Crippen MR) is 107 cm³/mol. The molecule has 10 heteroatoms. The van der Waals surface area contributed by atoms with Crippen LogP contribution in [0.5, 0.6) is 0 Å². The SMILES string of the molecule is CCN1CCN(S(=O)(=O)c2ccc(N3C(=O)C(C)(C)CS3(=O)=O)cc2C)CC1. The number of piperazine rings is 1. The van der Waals surface area contributed by atoms with E-state index in [1.807, 2.05) is 6.92 Å². The maximum atomic E-state index is 13.0. The van der Waals surface area contributed by atoms with Gasteiger partial charge in [-0.2, -0.15) is 4.31 Å². The van der Waals surface area contributed by atoms with E-state index in [-0.39, 0.29) is 16.3 Å². The van der Waals surface area contributed by atoms with Crippen LogP contribution in [0, 0.1) is 12.3 Å². The summed E-state index contributed by atoms with van der Waals surface area (Å²) in [5.74, 6) is -0.766. The minimum absolute atomic E-state index is 0.143. The molecule has 0 unspecified atom stereocenters.